The second-order valence-electron chi connectivity index (χ2n) is 3.46. The highest BCUT2D eigenvalue weighted by Gasteiger charge is 2.24. The van der Waals surface area contributed by atoms with Crippen molar-refractivity contribution >= 4 is 15.7 Å². The number of nitrogens with one attached hydrogen (secondary N) is 1. The molecule has 0 saturated carbocycles. The molecule has 0 saturated heterocycles. The van der Waals surface area contributed by atoms with Gasteiger partial charge in [-0.15, -0.1) is 0 Å². The maximum atomic E-state index is 11.9. The van der Waals surface area contributed by atoms with E-state index in [2.05, 4.69) is 4.72 Å². The number of nitro benzene ring substituents is 1. The molecule has 0 unspecified atom stereocenters. The Bertz CT molecular complexity index is 531. The van der Waals surface area contributed by atoms with Gasteiger partial charge in [-0.05, 0) is 6.07 Å². The Hall–Kier alpha value is -1.55. The fourth-order valence-electron chi connectivity index (χ4n) is 1.33. The van der Waals surface area contributed by atoms with Crippen molar-refractivity contribution in [3.05, 3.63) is 34.4 Å². The molecule has 0 aromatic heterocycles. The first-order valence-electron chi connectivity index (χ1n) is 5.40. The molecule has 0 fully saturated rings. The van der Waals surface area contributed by atoms with Crippen molar-refractivity contribution in [2.24, 2.45) is 0 Å². The summed E-state index contributed by atoms with van der Waals surface area (Å²) in [6, 6.07) is 5.08. The molecule has 1 aromatic rings. The molecule has 19 heavy (non-hydrogen) atoms. The predicted molar refractivity (Wildman–Crippen MR) is 66.2 cm³/mol. The second kappa shape index (κ2) is 7.14. The lowest BCUT2D eigenvalue weighted by Gasteiger charge is -2.07. The molecule has 8 nitrogen and oxygen atoms in total. The van der Waals surface area contributed by atoms with Crippen LogP contribution in [-0.4, -0.2) is 44.8 Å². The fraction of sp³-hybridized carbons (Fsp3) is 0.400. The topological polar surface area (TPSA) is 119 Å². The summed E-state index contributed by atoms with van der Waals surface area (Å²) < 4.78 is 30.8. The summed E-state index contributed by atoms with van der Waals surface area (Å²) in [5, 5.41) is 19.2. The van der Waals surface area contributed by atoms with Crippen LogP contribution in [0.1, 0.15) is 0 Å². The number of aliphatic hydroxyl groups excluding tert-OH is 1. The maximum absolute atomic E-state index is 11.9. The van der Waals surface area contributed by atoms with Gasteiger partial charge in [0.15, 0.2) is 4.90 Å². The number of para-hydroxylation sites is 1. The number of hydrogen-bond acceptors (Lipinski definition) is 6. The molecular weight excluding hydrogens is 276 g/mol. The van der Waals surface area contributed by atoms with E-state index in [1.807, 2.05) is 0 Å². The minimum absolute atomic E-state index is 0.0334. The SMILES string of the molecule is O=[N+]([O-])c1ccccc1S(=O)(=O)NCCOCCO. The van der Waals surface area contributed by atoms with Crippen molar-refractivity contribution in [2.75, 3.05) is 26.4 Å². The van der Waals surface area contributed by atoms with E-state index in [1.165, 1.54) is 12.1 Å². The molecular formula is C10H14N2O6S. The summed E-state index contributed by atoms with van der Waals surface area (Å²) in [5.74, 6) is 0. The normalized spacial score (nSPS) is 11.4. The van der Waals surface area contributed by atoms with Gasteiger partial charge in [-0.1, -0.05) is 12.1 Å². The average molecular weight is 290 g/mol. The van der Waals surface area contributed by atoms with E-state index in [1.54, 1.807) is 0 Å². The van der Waals surface area contributed by atoms with Gasteiger partial charge in [-0.3, -0.25) is 10.1 Å². The van der Waals surface area contributed by atoms with Gasteiger partial charge in [0.25, 0.3) is 5.69 Å². The van der Waals surface area contributed by atoms with Crippen molar-refractivity contribution in [3.8, 4) is 0 Å². The van der Waals surface area contributed by atoms with Crippen LogP contribution in [0.3, 0.4) is 0 Å². The van der Waals surface area contributed by atoms with Crippen LogP contribution in [0.4, 0.5) is 5.69 Å². The zero-order valence-electron chi connectivity index (χ0n) is 9.98. The Morgan fingerprint density at radius 3 is 2.63 bits per heavy atom. The van der Waals surface area contributed by atoms with Crippen molar-refractivity contribution in [3.63, 3.8) is 0 Å². The predicted octanol–water partition coefficient (Wildman–Crippen LogP) is -0.118. The third kappa shape index (κ3) is 4.56. The third-order valence-corrected chi connectivity index (χ3v) is 3.63. The summed E-state index contributed by atoms with van der Waals surface area (Å²) in [4.78, 5) is 9.60. The Balaban J connectivity index is 2.75. The maximum Gasteiger partial charge on any atom is 0.289 e. The first-order chi connectivity index (χ1) is 8.99. The number of nitro groups is 1. The number of nitrogens with zero attached hydrogens (tertiary/aromatic N) is 1. The zero-order valence-corrected chi connectivity index (χ0v) is 10.8. The molecule has 0 bridgehead atoms. The van der Waals surface area contributed by atoms with Crippen LogP contribution in [0.5, 0.6) is 0 Å². The van der Waals surface area contributed by atoms with E-state index in [-0.39, 0.29) is 31.3 Å². The van der Waals surface area contributed by atoms with E-state index < -0.39 is 20.6 Å². The summed E-state index contributed by atoms with van der Waals surface area (Å²) in [7, 11) is -3.96. The third-order valence-electron chi connectivity index (χ3n) is 2.13. The second-order valence-corrected chi connectivity index (χ2v) is 5.19. The van der Waals surface area contributed by atoms with Gasteiger partial charge in [0.1, 0.15) is 0 Å². The van der Waals surface area contributed by atoms with Crippen LogP contribution in [-0.2, 0) is 14.8 Å². The highest BCUT2D eigenvalue weighted by molar-refractivity contribution is 7.89. The molecule has 9 heteroatoms. The van der Waals surface area contributed by atoms with E-state index in [9.17, 15) is 18.5 Å². The number of ether oxygens (including phenoxy) is 1. The molecule has 0 aliphatic rings. The van der Waals surface area contributed by atoms with Gasteiger partial charge in [-0.25, -0.2) is 13.1 Å². The molecule has 2 N–H and O–H groups in total. The Morgan fingerprint density at radius 2 is 2.00 bits per heavy atom. The molecule has 0 heterocycles. The molecule has 0 radical (unpaired) electrons. The molecule has 1 aromatic carbocycles. The molecule has 0 aliphatic heterocycles. The van der Waals surface area contributed by atoms with Gasteiger partial charge in [0, 0.05) is 12.6 Å². The first kappa shape index (κ1) is 15.5. The van der Waals surface area contributed by atoms with Crippen molar-refractivity contribution in [1.29, 1.82) is 0 Å². The quantitative estimate of drug-likeness (QED) is 0.391. The fourth-order valence-corrected chi connectivity index (χ4v) is 2.51. The Kier molecular flexibility index (Phi) is 5.83. The van der Waals surface area contributed by atoms with Gasteiger partial charge in [0.05, 0.1) is 24.7 Å². The van der Waals surface area contributed by atoms with Crippen LogP contribution < -0.4 is 4.72 Å². The minimum Gasteiger partial charge on any atom is -0.394 e. The number of hydrogen-bond donors (Lipinski definition) is 2. The van der Waals surface area contributed by atoms with Crippen molar-refractivity contribution < 1.29 is 23.2 Å². The molecule has 0 atom stereocenters. The van der Waals surface area contributed by atoms with E-state index in [0.717, 1.165) is 12.1 Å². The molecule has 0 amide bonds. The lowest BCUT2D eigenvalue weighted by atomic mass is 10.3. The molecule has 1 rings (SSSR count). The van der Waals surface area contributed by atoms with Gasteiger partial charge in [0.2, 0.25) is 10.0 Å². The monoisotopic (exact) mass is 290 g/mol. The number of aliphatic hydroxyl groups is 1. The van der Waals surface area contributed by atoms with Crippen LogP contribution in [0.2, 0.25) is 0 Å². The highest BCUT2D eigenvalue weighted by Crippen LogP contribution is 2.22. The van der Waals surface area contributed by atoms with Crippen molar-refractivity contribution in [2.45, 2.75) is 4.90 Å². The molecule has 0 spiro atoms. The van der Waals surface area contributed by atoms with Gasteiger partial charge >= 0.3 is 0 Å². The lowest BCUT2D eigenvalue weighted by Crippen LogP contribution is -2.28. The van der Waals surface area contributed by atoms with Gasteiger partial charge in [-0.2, -0.15) is 0 Å². The van der Waals surface area contributed by atoms with Crippen molar-refractivity contribution in [1.82, 2.24) is 4.72 Å². The highest BCUT2D eigenvalue weighted by atomic mass is 32.2. The lowest BCUT2D eigenvalue weighted by molar-refractivity contribution is -0.387. The number of sulfonamides is 1. The zero-order chi connectivity index (χ0) is 14.3. The standard InChI is InChI=1S/C10H14N2O6S/c13-6-8-18-7-5-11-19(16,17)10-4-2-1-3-9(10)12(14)15/h1-4,11,13H,5-8H2. The van der Waals surface area contributed by atoms with Crippen LogP contribution in [0.25, 0.3) is 0 Å². The minimum atomic E-state index is -3.96. The summed E-state index contributed by atoms with van der Waals surface area (Å²) in [6.07, 6.45) is 0. The van der Waals surface area contributed by atoms with Crippen LogP contribution in [0, 0.1) is 10.1 Å². The smallest absolute Gasteiger partial charge is 0.289 e. The summed E-state index contributed by atoms with van der Waals surface area (Å²) >= 11 is 0. The number of rotatable bonds is 8. The Morgan fingerprint density at radius 1 is 1.32 bits per heavy atom. The van der Waals surface area contributed by atoms with E-state index in [4.69, 9.17) is 9.84 Å². The summed E-state index contributed by atoms with van der Waals surface area (Å²) in [5.41, 5.74) is -0.480. The average Bonchev–Trinajstić information content (AvgIpc) is 2.38. The summed E-state index contributed by atoms with van der Waals surface area (Å²) in [6.45, 7) is -0.0150. The van der Waals surface area contributed by atoms with Crippen LogP contribution >= 0.6 is 0 Å². The first-order valence-corrected chi connectivity index (χ1v) is 6.89. The van der Waals surface area contributed by atoms with Gasteiger partial charge < -0.3 is 9.84 Å². The van der Waals surface area contributed by atoms with E-state index >= 15 is 0 Å². The van der Waals surface area contributed by atoms with Crippen LogP contribution in [0.15, 0.2) is 29.2 Å². The molecule has 0 aliphatic carbocycles. The van der Waals surface area contributed by atoms with E-state index in [0.29, 0.717) is 0 Å². The largest absolute Gasteiger partial charge is 0.394 e. The Labute approximate surface area is 110 Å². The molecule has 106 valence electrons. The number of benzene rings is 1.